The first-order chi connectivity index (χ1) is 10.1. The van der Waals surface area contributed by atoms with Gasteiger partial charge in [0.25, 0.3) is 0 Å². The van der Waals surface area contributed by atoms with Gasteiger partial charge in [0, 0.05) is 25.0 Å². The normalized spacial score (nSPS) is 24.5. The lowest BCUT2D eigenvalue weighted by molar-refractivity contribution is -0.131. The molecule has 2 aliphatic heterocycles. The van der Waals surface area contributed by atoms with Gasteiger partial charge in [-0.3, -0.25) is 4.79 Å². The van der Waals surface area contributed by atoms with E-state index in [0.29, 0.717) is 11.5 Å². The predicted molar refractivity (Wildman–Crippen MR) is 83.4 cm³/mol. The highest BCUT2D eigenvalue weighted by molar-refractivity contribution is 6.30. The third-order valence-electron chi connectivity index (χ3n) is 4.93. The molecule has 1 amide bonds. The third kappa shape index (κ3) is 3.41. The Labute approximate surface area is 131 Å². The molecule has 2 saturated heterocycles. The van der Waals surface area contributed by atoms with Crippen LogP contribution in [0.2, 0.25) is 5.02 Å². The quantitative estimate of drug-likeness (QED) is 0.839. The van der Waals surface area contributed by atoms with Gasteiger partial charge in [-0.2, -0.15) is 0 Å². The van der Waals surface area contributed by atoms with Crippen molar-refractivity contribution in [3.8, 4) is 0 Å². The summed E-state index contributed by atoms with van der Waals surface area (Å²) in [4.78, 5) is 13.4. The molecule has 1 aromatic carbocycles. The molecule has 2 aliphatic rings. The second-order valence-corrected chi connectivity index (χ2v) is 6.91. The fourth-order valence-electron chi connectivity index (χ4n) is 3.55. The molecule has 4 heteroatoms. The van der Waals surface area contributed by atoms with Crippen LogP contribution in [0.25, 0.3) is 0 Å². The Balaban J connectivity index is 1.56. The maximum atomic E-state index is 11.4. The summed E-state index contributed by atoms with van der Waals surface area (Å²) in [7, 11) is 0. The van der Waals surface area contributed by atoms with Crippen LogP contribution >= 0.6 is 11.6 Å². The van der Waals surface area contributed by atoms with E-state index in [1.807, 2.05) is 17.0 Å². The summed E-state index contributed by atoms with van der Waals surface area (Å²) >= 11 is 5.92. The molecule has 114 valence electrons. The van der Waals surface area contributed by atoms with Crippen LogP contribution in [0.5, 0.6) is 0 Å². The van der Waals surface area contributed by atoms with Crippen molar-refractivity contribution in [3.63, 3.8) is 0 Å². The number of nitrogens with zero attached hydrogens (tertiary/aromatic N) is 1. The lowest BCUT2D eigenvalue weighted by Gasteiger charge is -2.38. The molecule has 0 aliphatic carbocycles. The van der Waals surface area contributed by atoms with Crippen LogP contribution in [0.3, 0.4) is 0 Å². The number of carbonyl (C=O) groups is 1. The maximum Gasteiger partial charge on any atom is 0.219 e. The van der Waals surface area contributed by atoms with Crippen molar-refractivity contribution in [2.45, 2.75) is 38.7 Å². The van der Waals surface area contributed by atoms with Crippen molar-refractivity contribution in [1.82, 2.24) is 4.90 Å². The molecule has 1 spiro atoms. The number of hydrogen-bond donors (Lipinski definition) is 0. The van der Waals surface area contributed by atoms with Gasteiger partial charge in [0.2, 0.25) is 5.91 Å². The number of benzene rings is 1. The number of halogens is 1. The first-order valence-electron chi connectivity index (χ1n) is 7.68. The molecule has 2 heterocycles. The second kappa shape index (κ2) is 5.98. The average Bonchev–Trinajstić information content (AvgIpc) is 2.85. The number of carbonyl (C=O) groups excluding carboxylic acids is 1. The fraction of sp³-hybridized carbons (Fsp3) is 0.588. The molecule has 3 nitrogen and oxygen atoms in total. The van der Waals surface area contributed by atoms with Crippen molar-refractivity contribution in [3.05, 3.63) is 34.9 Å². The summed E-state index contributed by atoms with van der Waals surface area (Å²) in [5.74, 6) is 0.196. The Hall–Kier alpha value is -1.06. The summed E-state index contributed by atoms with van der Waals surface area (Å²) < 4.78 is 6.04. The zero-order valence-corrected chi connectivity index (χ0v) is 13.2. The molecule has 1 aromatic rings. The Morgan fingerprint density at radius 3 is 2.62 bits per heavy atom. The molecule has 0 N–H and O–H groups in total. The minimum absolute atomic E-state index is 0.196. The molecule has 3 rings (SSSR count). The Morgan fingerprint density at radius 2 is 2.00 bits per heavy atom. The predicted octanol–water partition coefficient (Wildman–Crippen LogP) is 3.30. The van der Waals surface area contributed by atoms with Crippen LogP contribution < -0.4 is 0 Å². The van der Waals surface area contributed by atoms with E-state index in [1.54, 1.807) is 6.92 Å². The van der Waals surface area contributed by atoms with Gasteiger partial charge in [-0.1, -0.05) is 23.7 Å². The van der Waals surface area contributed by atoms with Crippen LogP contribution in [0.1, 0.15) is 31.7 Å². The van der Waals surface area contributed by atoms with Crippen molar-refractivity contribution >= 4 is 17.5 Å². The Kier molecular flexibility index (Phi) is 4.23. The monoisotopic (exact) mass is 307 g/mol. The van der Waals surface area contributed by atoms with E-state index in [9.17, 15) is 4.79 Å². The topological polar surface area (TPSA) is 29.5 Å². The molecular formula is C17H22ClNO2. The van der Waals surface area contributed by atoms with Gasteiger partial charge in [-0.05, 0) is 48.8 Å². The van der Waals surface area contributed by atoms with Gasteiger partial charge in [-0.15, -0.1) is 0 Å². The highest BCUT2D eigenvalue weighted by atomic mass is 35.5. The van der Waals surface area contributed by atoms with Crippen LogP contribution in [-0.4, -0.2) is 36.6 Å². The van der Waals surface area contributed by atoms with Gasteiger partial charge in [0.05, 0.1) is 12.7 Å². The first-order valence-corrected chi connectivity index (χ1v) is 8.06. The minimum Gasteiger partial charge on any atom is -0.377 e. The molecular weight excluding hydrogens is 286 g/mol. The highest BCUT2D eigenvalue weighted by Crippen LogP contribution is 2.42. The average molecular weight is 308 g/mol. The molecule has 2 fully saturated rings. The van der Waals surface area contributed by atoms with E-state index >= 15 is 0 Å². The zero-order chi connectivity index (χ0) is 14.9. The summed E-state index contributed by atoms with van der Waals surface area (Å²) in [5, 5.41) is 0.777. The third-order valence-corrected chi connectivity index (χ3v) is 5.18. The lowest BCUT2D eigenvalue weighted by atomic mass is 9.76. The van der Waals surface area contributed by atoms with E-state index < -0.39 is 0 Å². The van der Waals surface area contributed by atoms with Gasteiger partial charge in [-0.25, -0.2) is 0 Å². The fourth-order valence-corrected chi connectivity index (χ4v) is 3.68. The van der Waals surface area contributed by atoms with E-state index in [-0.39, 0.29) is 5.91 Å². The lowest BCUT2D eigenvalue weighted by Crippen LogP contribution is -2.42. The number of likely N-dealkylation sites (tertiary alicyclic amines) is 1. The first kappa shape index (κ1) is 14.9. The number of ether oxygens (including phenoxy) is 1. The summed E-state index contributed by atoms with van der Waals surface area (Å²) in [5.41, 5.74) is 1.57. The van der Waals surface area contributed by atoms with E-state index in [1.165, 1.54) is 5.56 Å². The second-order valence-electron chi connectivity index (χ2n) is 6.47. The Morgan fingerprint density at radius 1 is 1.33 bits per heavy atom. The standard InChI is InChI=1S/C17H22ClNO2/c1-13(20)19-8-6-17(7-9-19)11-16(21-12-17)10-14-2-4-15(18)5-3-14/h2-5,16H,6-12H2,1H3. The molecule has 0 bridgehead atoms. The van der Waals surface area contributed by atoms with Crippen molar-refractivity contribution in [2.75, 3.05) is 19.7 Å². The number of piperidine rings is 1. The SMILES string of the molecule is CC(=O)N1CCC2(CC1)COC(Cc1ccc(Cl)cc1)C2. The summed E-state index contributed by atoms with van der Waals surface area (Å²) in [6.07, 6.45) is 4.51. The number of hydrogen-bond acceptors (Lipinski definition) is 2. The molecule has 1 unspecified atom stereocenters. The van der Waals surface area contributed by atoms with Crippen LogP contribution in [0, 0.1) is 5.41 Å². The number of amides is 1. The van der Waals surface area contributed by atoms with Crippen LogP contribution in [0.4, 0.5) is 0 Å². The van der Waals surface area contributed by atoms with E-state index in [2.05, 4.69) is 12.1 Å². The van der Waals surface area contributed by atoms with Crippen LogP contribution in [-0.2, 0) is 16.0 Å². The van der Waals surface area contributed by atoms with E-state index in [0.717, 1.165) is 50.4 Å². The molecule has 21 heavy (non-hydrogen) atoms. The summed E-state index contributed by atoms with van der Waals surface area (Å²) in [6, 6.07) is 8.03. The molecule has 0 aromatic heterocycles. The Bertz CT molecular complexity index is 506. The molecule has 0 saturated carbocycles. The maximum absolute atomic E-state index is 11.4. The van der Waals surface area contributed by atoms with Crippen molar-refractivity contribution in [2.24, 2.45) is 5.41 Å². The summed E-state index contributed by atoms with van der Waals surface area (Å²) in [6.45, 7) is 4.27. The van der Waals surface area contributed by atoms with Crippen molar-refractivity contribution < 1.29 is 9.53 Å². The van der Waals surface area contributed by atoms with Crippen LogP contribution in [0.15, 0.2) is 24.3 Å². The zero-order valence-electron chi connectivity index (χ0n) is 12.5. The number of rotatable bonds is 2. The van der Waals surface area contributed by atoms with Gasteiger partial charge < -0.3 is 9.64 Å². The van der Waals surface area contributed by atoms with Gasteiger partial charge in [0.15, 0.2) is 0 Å². The van der Waals surface area contributed by atoms with E-state index in [4.69, 9.17) is 16.3 Å². The molecule has 1 atom stereocenters. The molecule has 0 radical (unpaired) electrons. The van der Waals surface area contributed by atoms with Gasteiger partial charge in [0.1, 0.15) is 0 Å². The highest BCUT2D eigenvalue weighted by Gasteiger charge is 2.42. The largest absolute Gasteiger partial charge is 0.377 e. The van der Waals surface area contributed by atoms with Gasteiger partial charge >= 0.3 is 0 Å². The van der Waals surface area contributed by atoms with Crippen molar-refractivity contribution in [1.29, 1.82) is 0 Å². The minimum atomic E-state index is 0.196. The smallest absolute Gasteiger partial charge is 0.219 e.